The van der Waals surface area contributed by atoms with E-state index in [1.54, 1.807) is 42.5 Å². The number of fused-ring (bicyclic) bond motifs is 1. The van der Waals surface area contributed by atoms with Crippen LogP contribution in [0.25, 0.3) is 5.76 Å². The quantitative estimate of drug-likeness (QED) is 0.217. The van der Waals surface area contributed by atoms with Gasteiger partial charge in [-0.1, -0.05) is 35.3 Å². The van der Waals surface area contributed by atoms with Gasteiger partial charge < -0.3 is 28.8 Å². The number of anilines is 1. The molecule has 5 rings (SSSR count). The number of ketones is 1. The molecule has 1 N–H and O–H groups in total. The molecule has 1 atom stereocenters. The number of aliphatic hydroxyl groups is 1. The van der Waals surface area contributed by atoms with Crippen molar-refractivity contribution in [2.45, 2.75) is 13.0 Å². The highest BCUT2D eigenvalue weighted by atomic mass is 35.5. The second-order valence-corrected chi connectivity index (χ2v) is 9.28. The first-order valence-electron chi connectivity index (χ1n) is 11.8. The molecule has 3 aromatic carbocycles. The van der Waals surface area contributed by atoms with Crippen LogP contribution in [-0.2, 0) is 9.59 Å². The Balaban J connectivity index is 1.76. The van der Waals surface area contributed by atoms with Gasteiger partial charge in [-0.25, -0.2) is 0 Å². The lowest BCUT2D eigenvalue weighted by molar-refractivity contribution is -0.132. The van der Waals surface area contributed by atoms with Crippen molar-refractivity contribution in [3.8, 4) is 28.7 Å². The van der Waals surface area contributed by atoms with Crippen LogP contribution in [0, 0.1) is 0 Å². The maximum absolute atomic E-state index is 13.6. The molecule has 0 saturated carbocycles. The Morgan fingerprint density at radius 3 is 2.49 bits per heavy atom. The van der Waals surface area contributed by atoms with Crippen molar-refractivity contribution in [2.24, 2.45) is 0 Å². The van der Waals surface area contributed by atoms with Crippen LogP contribution in [-0.4, -0.2) is 44.4 Å². The number of methoxy groups -OCH3 is 2. The van der Waals surface area contributed by atoms with Crippen LogP contribution < -0.4 is 28.6 Å². The molecule has 39 heavy (non-hydrogen) atoms. The molecule has 0 bridgehead atoms. The normalized spacial score (nSPS) is 17.5. The first-order valence-corrected chi connectivity index (χ1v) is 12.6. The molecule has 0 radical (unpaired) electrons. The van der Waals surface area contributed by atoms with E-state index in [-0.39, 0.29) is 39.5 Å². The maximum atomic E-state index is 13.6. The molecule has 2 aliphatic heterocycles. The summed E-state index contributed by atoms with van der Waals surface area (Å²) in [6.45, 7) is 2.29. The molecule has 11 heteroatoms. The maximum Gasteiger partial charge on any atom is 0.300 e. The number of benzene rings is 3. The number of aliphatic hydroxyl groups excluding tert-OH is 1. The topological polar surface area (TPSA) is 104 Å². The number of nitrogens with zero attached hydrogens (tertiary/aromatic N) is 1. The number of amides is 1. The van der Waals surface area contributed by atoms with Gasteiger partial charge in [-0.3, -0.25) is 14.5 Å². The van der Waals surface area contributed by atoms with E-state index in [4.69, 9.17) is 46.9 Å². The molecule has 3 aromatic rings. The molecule has 202 valence electrons. The van der Waals surface area contributed by atoms with Gasteiger partial charge in [0.15, 0.2) is 23.0 Å². The molecule has 0 aromatic heterocycles. The lowest BCUT2D eigenvalue weighted by Gasteiger charge is -2.26. The Hall–Kier alpha value is -4.08. The number of hydrogen-bond donors (Lipinski definition) is 1. The predicted octanol–water partition coefficient (Wildman–Crippen LogP) is 5.76. The van der Waals surface area contributed by atoms with Crippen LogP contribution >= 0.6 is 23.2 Å². The lowest BCUT2D eigenvalue weighted by Crippen LogP contribution is -2.29. The first-order chi connectivity index (χ1) is 18.8. The van der Waals surface area contributed by atoms with Crippen molar-refractivity contribution in [1.29, 1.82) is 0 Å². The predicted molar refractivity (Wildman–Crippen MR) is 145 cm³/mol. The summed E-state index contributed by atoms with van der Waals surface area (Å²) in [4.78, 5) is 28.4. The summed E-state index contributed by atoms with van der Waals surface area (Å²) in [6.07, 6.45) is 0. The monoisotopic (exact) mass is 571 g/mol. The van der Waals surface area contributed by atoms with E-state index in [0.717, 1.165) is 0 Å². The van der Waals surface area contributed by atoms with Gasteiger partial charge in [0, 0.05) is 11.8 Å². The Labute approximate surface area is 234 Å². The van der Waals surface area contributed by atoms with Gasteiger partial charge in [0.05, 0.1) is 43.0 Å². The fraction of sp³-hybridized carbons (Fsp3) is 0.214. The summed E-state index contributed by atoms with van der Waals surface area (Å²) in [6, 6.07) is 12.1. The zero-order valence-electron chi connectivity index (χ0n) is 21.1. The molecule has 1 unspecified atom stereocenters. The summed E-state index contributed by atoms with van der Waals surface area (Å²) < 4.78 is 27.2. The van der Waals surface area contributed by atoms with E-state index in [9.17, 15) is 14.7 Å². The van der Waals surface area contributed by atoms with Gasteiger partial charge >= 0.3 is 0 Å². The van der Waals surface area contributed by atoms with Crippen molar-refractivity contribution in [1.82, 2.24) is 0 Å². The standard InChI is InChI=1S/C28H23Cl2NO8/c1-4-37-16-7-5-6-14(10-16)23-21(24(32)17-12-18(29)27(36-3)22(30)26(17)35-2)25(33)28(34)31(23)15-8-9-19-20(11-15)39-13-38-19/h5-12,23,32H,4,13H2,1-3H3/b24-21+. The number of Topliss-reactive ketones (excluding diaryl/α,β-unsaturated/α-hetero) is 1. The van der Waals surface area contributed by atoms with Gasteiger partial charge in [0.2, 0.25) is 6.79 Å². The Bertz CT molecular complexity index is 1520. The number of carbonyl (C=O) groups excluding carboxylic acids is 2. The van der Waals surface area contributed by atoms with Crippen LogP contribution in [0.2, 0.25) is 10.0 Å². The Morgan fingerprint density at radius 1 is 1.03 bits per heavy atom. The Morgan fingerprint density at radius 2 is 1.77 bits per heavy atom. The van der Waals surface area contributed by atoms with Crippen molar-refractivity contribution in [2.75, 3.05) is 32.5 Å². The second-order valence-electron chi connectivity index (χ2n) is 8.50. The van der Waals surface area contributed by atoms with Gasteiger partial charge in [0.1, 0.15) is 16.5 Å². The summed E-state index contributed by atoms with van der Waals surface area (Å²) in [5.41, 5.74) is 0.707. The van der Waals surface area contributed by atoms with Gasteiger partial charge in [-0.05, 0) is 42.8 Å². The van der Waals surface area contributed by atoms with Crippen molar-refractivity contribution in [3.63, 3.8) is 0 Å². The minimum atomic E-state index is -1.05. The van der Waals surface area contributed by atoms with Crippen molar-refractivity contribution in [3.05, 3.63) is 75.3 Å². The van der Waals surface area contributed by atoms with Gasteiger partial charge in [0.25, 0.3) is 11.7 Å². The summed E-state index contributed by atoms with van der Waals surface area (Å²) >= 11 is 12.8. The van der Waals surface area contributed by atoms with Crippen LogP contribution in [0.3, 0.4) is 0 Å². The fourth-order valence-electron chi connectivity index (χ4n) is 4.68. The average molecular weight is 572 g/mol. The highest BCUT2D eigenvalue weighted by Crippen LogP contribution is 2.49. The Kier molecular flexibility index (Phi) is 7.20. The molecule has 2 heterocycles. The summed E-state index contributed by atoms with van der Waals surface area (Å²) in [5.74, 6) is -0.677. The van der Waals surface area contributed by atoms with Crippen LogP contribution in [0.4, 0.5) is 5.69 Å². The minimum Gasteiger partial charge on any atom is -0.507 e. The zero-order valence-corrected chi connectivity index (χ0v) is 22.6. The van der Waals surface area contributed by atoms with Crippen molar-refractivity contribution < 1.29 is 38.4 Å². The highest BCUT2D eigenvalue weighted by molar-refractivity contribution is 6.52. The SMILES string of the molecule is CCOc1cccc(C2/C(=C(\O)c3cc(Cl)c(OC)c(Cl)c3OC)C(=O)C(=O)N2c2ccc3c(c2)OCO3)c1. The number of ether oxygens (including phenoxy) is 5. The van der Waals surface area contributed by atoms with E-state index in [2.05, 4.69) is 0 Å². The van der Waals surface area contributed by atoms with Crippen LogP contribution in [0.1, 0.15) is 24.1 Å². The summed E-state index contributed by atoms with van der Waals surface area (Å²) in [7, 11) is 2.73. The zero-order chi connectivity index (χ0) is 27.8. The molecule has 2 aliphatic rings. The van der Waals surface area contributed by atoms with Crippen LogP contribution in [0.5, 0.6) is 28.7 Å². The third-order valence-corrected chi connectivity index (χ3v) is 6.98. The molecule has 9 nitrogen and oxygen atoms in total. The van der Waals surface area contributed by atoms with E-state index in [1.165, 1.54) is 25.2 Å². The average Bonchev–Trinajstić information content (AvgIpc) is 3.50. The first kappa shape index (κ1) is 26.5. The number of carbonyl (C=O) groups is 2. The second kappa shape index (κ2) is 10.6. The molecule has 0 spiro atoms. The van der Waals surface area contributed by atoms with Gasteiger partial charge in [-0.2, -0.15) is 0 Å². The lowest BCUT2D eigenvalue weighted by atomic mass is 9.94. The molecule has 1 amide bonds. The van der Waals surface area contributed by atoms with E-state index < -0.39 is 23.5 Å². The third kappa shape index (κ3) is 4.47. The number of hydrogen-bond acceptors (Lipinski definition) is 8. The molecular weight excluding hydrogens is 549 g/mol. The molecule has 0 aliphatic carbocycles. The fourth-order valence-corrected chi connectivity index (χ4v) is 5.37. The highest BCUT2D eigenvalue weighted by Gasteiger charge is 2.48. The van der Waals surface area contributed by atoms with Crippen LogP contribution in [0.15, 0.2) is 54.1 Å². The third-order valence-electron chi connectivity index (χ3n) is 6.36. The van der Waals surface area contributed by atoms with E-state index in [0.29, 0.717) is 35.1 Å². The van der Waals surface area contributed by atoms with Crippen molar-refractivity contribution >= 4 is 46.3 Å². The smallest absolute Gasteiger partial charge is 0.300 e. The van der Waals surface area contributed by atoms with E-state index >= 15 is 0 Å². The minimum absolute atomic E-state index is 0.00561. The van der Waals surface area contributed by atoms with E-state index in [1.807, 2.05) is 6.92 Å². The summed E-state index contributed by atoms with van der Waals surface area (Å²) in [5, 5.41) is 11.7. The molecule has 1 fully saturated rings. The number of halogens is 2. The largest absolute Gasteiger partial charge is 0.507 e. The number of rotatable bonds is 7. The molecular formula is C28H23Cl2NO8. The molecule has 1 saturated heterocycles. The van der Waals surface area contributed by atoms with Gasteiger partial charge in [-0.15, -0.1) is 0 Å².